The number of nitrogens with one attached hydrogen (secondary N) is 1. The molecule has 2 amide bonds. The second-order valence-corrected chi connectivity index (χ2v) is 7.55. The molecule has 2 aliphatic rings. The normalized spacial score (nSPS) is 25.4. The van der Waals surface area contributed by atoms with Gasteiger partial charge in [-0.1, -0.05) is 0 Å². The van der Waals surface area contributed by atoms with Crippen molar-refractivity contribution in [1.29, 1.82) is 0 Å². The molecule has 0 aromatic heterocycles. The summed E-state index contributed by atoms with van der Waals surface area (Å²) in [4.78, 5) is 25.3. The third kappa shape index (κ3) is 4.26. The van der Waals surface area contributed by atoms with Crippen LogP contribution in [0.1, 0.15) is 38.2 Å². The van der Waals surface area contributed by atoms with Gasteiger partial charge < -0.3 is 16.0 Å². The van der Waals surface area contributed by atoms with Gasteiger partial charge in [0.1, 0.15) is 5.82 Å². The average molecular weight is 383 g/mol. The predicted octanol–water partition coefficient (Wildman–Crippen LogP) is 1.88. The van der Waals surface area contributed by atoms with Crippen LogP contribution in [0.5, 0.6) is 0 Å². The molecule has 3 N–H and O–H groups in total. The molecule has 1 unspecified atom stereocenters. The summed E-state index contributed by atoms with van der Waals surface area (Å²) < 4.78 is 40.4. The molecule has 27 heavy (non-hydrogen) atoms. The van der Waals surface area contributed by atoms with Gasteiger partial charge in [-0.3, -0.25) is 9.59 Å². The highest BCUT2D eigenvalue weighted by atomic mass is 19.2. The Labute approximate surface area is 156 Å². The van der Waals surface area contributed by atoms with Crippen molar-refractivity contribution >= 4 is 11.8 Å². The number of nitrogens with zero attached hydrogens (tertiary/aromatic N) is 1. The second-order valence-electron chi connectivity index (χ2n) is 7.55. The van der Waals surface area contributed by atoms with E-state index in [0.717, 1.165) is 18.9 Å². The van der Waals surface area contributed by atoms with Crippen LogP contribution in [-0.4, -0.2) is 41.4 Å². The SMILES string of the molecule is CC(=O)NCC(=O)N1[C@@H]2CC[C@H]1CC([C@@H](N)Cc1cc(F)c(F)cc1F)C2. The molecule has 0 radical (unpaired) electrons. The molecule has 2 aliphatic heterocycles. The molecule has 8 heteroatoms. The summed E-state index contributed by atoms with van der Waals surface area (Å²) in [5, 5.41) is 2.53. The van der Waals surface area contributed by atoms with Crippen molar-refractivity contribution < 1.29 is 22.8 Å². The number of carbonyl (C=O) groups excluding carboxylic acids is 2. The number of fused-ring (bicyclic) bond motifs is 2. The van der Waals surface area contributed by atoms with E-state index in [4.69, 9.17) is 5.73 Å². The first-order valence-corrected chi connectivity index (χ1v) is 9.20. The molecule has 2 heterocycles. The number of hydrogen-bond acceptors (Lipinski definition) is 3. The lowest BCUT2D eigenvalue weighted by Crippen LogP contribution is -2.52. The number of halogens is 3. The van der Waals surface area contributed by atoms with Crippen molar-refractivity contribution in [2.24, 2.45) is 11.7 Å². The Morgan fingerprint density at radius 2 is 1.74 bits per heavy atom. The van der Waals surface area contributed by atoms with Crippen molar-refractivity contribution in [2.75, 3.05) is 6.54 Å². The molecule has 3 rings (SSSR count). The van der Waals surface area contributed by atoms with Gasteiger partial charge in [-0.2, -0.15) is 0 Å². The van der Waals surface area contributed by atoms with E-state index in [1.54, 1.807) is 0 Å². The van der Waals surface area contributed by atoms with E-state index in [-0.39, 0.29) is 48.3 Å². The lowest BCUT2D eigenvalue weighted by atomic mass is 9.82. The van der Waals surface area contributed by atoms with Gasteiger partial charge in [0.25, 0.3) is 0 Å². The van der Waals surface area contributed by atoms with E-state index in [2.05, 4.69) is 5.32 Å². The molecular formula is C19H24F3N3O2. The van der Waals surface area contributed by atoms with E-state index in [0.29, 0.717) is 18.9 Å². The van der Waals surface area contributed by atoms with E-state index in [1.165, 1.54) is 6.92 Å². The van der Waals surface area contributed by atoms with Gasteiger partial charge in [0.2, 0.25) is 11.8 Å². The monoisotopic (exact) mass is 383 g/mol. The Balaban J connectivity index is 1.63. The van der Waals surface area contributed by atoms with Crippen molar-refractivity contribution in [3.05, 3.63) is 35.1 Å². The smallest absolute Gasteiger partial charge is 0.242 e. The number of amides is 2. The largest absolute Gasteiger partial charge is 0.347 e. The fraction of sp³-hybridized carbons (Fsp3) is 0.579. The fourth-order valence-corrected chi connectivity index (χ4v) is 4.41. The van der Waals surface area contributed by atoms with E-state index in [1.807, 2.05) is 4.90 Å². The average Bonchev–Trinajstić information content (AvgIpc) is 2.87. The second kappa shape index (κ2) is 7.88. The van der Waals surface area contributed by atoms with Gasteiger partial charge in [0.05, 0.1) is 6.54 Å². The molecule has 0 saturated carbocycles. The van der Waals surface area contributed by atoms with Crippen LogP contribution in [0.2, 0.25) is 0 Å². The third-order valence-corrected chi connectivity index (χ3v) is 5.70. The summed E-state index contributed by atoms with van der Waals surface area (Å²) in [5.74, 6) is -3.38. The first-order chi connectivity index (χ1) is 12.8. The number of benzene rings is 1. The van der Waals surface area contributed by atoms with Crippen molar-refractivity contribution in [2.45, 2.75) is 57.2 Å². The summed E-state index contributed by atoms with van der Waals surface area (Å²) in [6, 6.07) is 1.11. The maximum atomic E-state index is 13.9. The zero-order valence-corrected chi connectivity index (χ0v) is 15.2. The fourth-order valence-electron chi connectivity index (χ4n) is 4.41. The first-order valence-electron chi connectivity index (χ1n) is 9.20. The number of piperidine rings is 1. The Bertz CT molecular complexity index is 729. The Morgan fingerprint density at radius 1 is 1.15 bits per heavy atom. The van der Waals surface area contributed by atoms with Crippen LogP contribution >= 0.6 is 0 Å². The summed E-state index contributed by atoms with van der Waals surface area (Å²) in [6.07, 6.45) is 3.25. The highest BCUT2D eigenvalue weighted by Gasteiger charge is 2.44. The summed E-state index contributed by atoms with van der Waals surface area (Å²) in [7, 11) is 0. The molecule has 148 valence electrons. The molecule has 0 spiro atoms. The Morgan fingerprint density at radius 3 is 2.33 bits per heavy atom. The lowest BCUT2D eigenvalue weighted by Gasteiger charge is -2.41. The molecule has 2 bridgehead atoms. The standard InChI is InChI=1S/C19H24F3N3O2/c1-10(26)24-9-19(27)25-13-2-3-14(25)5-12(4-13)18(23)7-11-6-16(21)17(22)8-15(11)20/h6,8,12-14,18H,2-5,7,9,23H2,1H3,(H,24,26)/t12?,13-,14+,18-/m0/s1. The minimum absolute atomic E-state index is 0.0148. The predicted molar refractivity (Wildman–Crippen MR) is 93.1 cm³/mol. The first kappa shape index (κ1) is 19.7. The minimum Gasteiger partial charge on any atom is -0.347 e. The summed E-state index contributed by atoms with van der Waals surface area (Å²) >= 11 is 0. The molecule has 2 saturated heterocycles. The maximum Gasteiger partial charge on any atom is 0.242 e. The molecule has 5 nitrogen and oxygen atoms in total. The van der Waals surface area contributed by atoms with Crippen LogP contribution in [0.15, 0.2) is 12.1 Å². The molecule has 2 fully saturated rings. The Hall–Kier alpha value is -2.09. The zero-order valence-electron chi connectivity index (χ0n) is 15.2. The molecule has 1 aromatic rings. The quantitative estimate of drug-likeness (QED) is 0.763. The van der Waals surface area contributed by atoms with Gasteiger partial charge in [-0.05, 0) is 49.7 Å². The van der Waals surface area contributed by atoms with Gasteiger partial charge in [0.15, 0.2) is 11.6 Å². The molecule has 4 atom stereocenters. The van der Waals surface area contributed by atoms with Crippen LogP contribution < -0.4 is 11.1 Å². The van der Waals surface area contributed by atoms with Crippen LogP contribution in [0.3, 0.4) is 0 Å². The zero-order chi connectivity index (χ0) is 19.7. The minimum atomic E-state index is -1.21. The highest BCUT2D eigenvalue weighted by molar-refractivity contribution is 5.84. The van der Waals surface area contributed by atoms with E-state index < -0.39 is 23.5 Å². The van der Waals surface area contributed by atoms with Crippen LogP contribution in [-0.2, 0) is 16.0 Å². The van der Waals surface area contributed by atoms with E-state index >= 15 is 0 Å². The van der Waals surface area contributed by atoms with Crippen LogP contribution in [0, 0.1) is 23.4 Å². The van der Waals surface area contributed by atoms with Crippen LogP contribution in [0.4, 0.5) is 13.2 Å². The van der Waals surface area contributed by atoms with Gasteiger partial charge in [-0.25, -0.2) is 13.2 Å². The number of carbonyl (C=O) groups is 2. The van der Waals surface area contributed by atoms with Crippen LogP contribution in [0.25, 0.3) is 0 Å². The van der Waals surface area contributed by atoms with E-state index in [9.17, 15) is 22.8 Å². The summed E-state index contributed by atoms with van der Waals surface area (Å²) in [6.45, 7) is 1.35. The Kier molecular flexibility index (Phi) is 5.74. The number of hydrogen-bond donors (Lipinski definition) is 2. The molecule has 0 aliphatic carbocycles. The third-order valence-electron chi connectivity index (χ3n) is 5.70. The molecule has 1 aromatic carbocycles. The van der Waals surface area contributed by atoms with Gasteiger partial charge in [-0.15, -0.1) is 0 Å². The number of nitrogens with two attached hydrogens (primary N) is 1. The van der Waals surface area contributed by atoms with Crippen molar-refractivity contribution in [3.63, 3.8) is 0 Å². The topological polar surface area (TPSA) is 75.4 Å². The lowest BCUT2D eigenvalue weighted by molar-refractivity contribution is -0.137. The molecular weight excluding hydrogens is 359 g/mol. The highest BCUT2D eigenvalue weighted by Crippen LogP contribution is 2.40. The number of rotatable bonds is 5. The van der Waals surface area contributed by atoms with Gasteiger partial charge in [0, 0.05) is 31.1 Å². The van der Waals surface area contributed by atoms with Gasteiger partial charge >= 0.3 is 0 Å². The summed E-state index contributed by atoms with van der Waals surface area (Å²) in [5.41, 5.74) is 6.33. The van der Waals surface area contributed by atoms with Crippen molar-refractivity contribution in [3.8, 4) is 0 Å². The maximum absolute atomic E-state index is 13.9. The van der Waals surface area contributed by atoms with Crippen molar-refractivity contribution in [1.82, 2.24) is 10.2 Å².